The summed E-state index contributed by atoms with van der Waals surface area (Å²) in [5, 5.41) is 44.2. The van der Waals surface area contributed by atoms with Crippen molar-refractivity contribution in [3.63, 3.8) is 0 Å². The number of nitrogens with one attached hydrogen (secondary N) is 1. The molecule has 7 nitrogen and oxygen atoms in total. The summed E-state index contributed by atoms with van der Waals surface area (Å²) in [6.07, 6.45) is 4.02. The van der Waals surface area contributed by atoms with E-state index in [1.165, 1.54) is 119 Å². The molecule has 0 unspecified atom stereocenters. The molecular formula is C83H47N5O2S8. The van der Waals surface area contributed by atoms with E-state index >= 15 is 0 Å². The fourth-order valence-electron chi connectivity index (χ4n) is 15.2. The van der Waals surface area contributed by atoms with Gasteiger partial charge < -0.3 is 5.32 Å². The summed E-state index contributed by atoms with van der Waals surface area (Å²) < 4.78 is 7.67. The van der Waals surface area contributed by atoms with Gasteiger partial charge in [-0.1, -0.05) is 174 Å². The maximum absolute atomic E-state index is 13.9. The van der Waals surface area contributed by atoms with Crippen LogP contribution in [0, 0.1) is 73.0 Å². The summed E-state index contributed by atoms with van der Waals surface area (Å²) in [6, 6.07) is 73.0. The van der Waals surface area contributed by atoms with Crippen LogP contribution in [0.3, 0.4) is 0 Å². The number of anilines is 1. The minimum absolute atomic E-state index is 0.0594. The smallest absolute Gasteiger partial charge is 0.195 e. The number of carbonyl (C=O) groups excluding carboxylic acids is 2. The molecule has 8 aromatic heterocycles. The van der Waals surface area contributed by atoms with Gasteiger partial charge in [-0.15, -0.1) is 90.7 Å². The molecule has 0 saturated carbocycles. The van der Waals surface area contributed by atoms with Crippen molar-refractivity contribution in [2.24, 2.45) is 0 Å². The third kappa shape index (κ3) is 8.59. The summed E-state index contributed by atoms with van der Waals surface area (Å²) in [5.41, 5.74) is 17.2. The van der Waals surface area contributed by atoms with Gasteiger partial charge in [-0.25, -0.2) is 0 Å². The molecule has 8 heterocycles. The number of thiophene rings is 8. The van der Waals surface area contributed by atoms with Crippen LogP contribution in [0.4, 0.5) is 5.00 Å². The predicted molar refractivity (Wildman–Crippen MR) is 408 cm³/mol. The minimum atomic E-state index is -0.702. The van der Waals surface area contributed by atoms with E-state index in [-0.39, 0.29) is 22.7 Å². The molecule has 6 aromatic carbocycles. The number of carbonyl (C=O) groups is 2. The lowest BCUT2D eigenvalue weighted by Crippen LogP contribution is -2.29. The highest BCUT2D eigenvalue weighted by Crippen LogP contribution is 2.72. The number of allylic oxidation sites excluding steroid dienone is 7. The first-order chi connectivity index (χ1) is 47.8. The quantitative estimate of drug-likeness (QED) is 0.106. The average Bonchev–Trinajstić information content (AvgIpc) is 1.48. The zero-order valence-corrected chi connectivity index (χ0v) is 59.1. The van der Waals surface area contributed by atoms with E-state index < -0.39 is 10.8 Å². The molecule has 0 amide bonds. The SMILES string of the molecule is Cc1ccc(C2(c3ccc(C)cc3)c3c(sc4cc(-c5ccc(C/C=C6\C(=O)c7ccccc7C6=C(C#N)C#N)s5)sc34)-c3sc4c5c(sc4c32)-c2sc3cc(-c4ccc(N/C=C6\C(=O)c7ccccc7C6=C(C#N)C#N)s4)sc3c2C5(c2ccc(C)cc2)c2ccc(C)cc2)cc1. The molecule has 4 aliphatic rings. The fourth-order valence-corrected chi connectivity index (χ4v) is 26.1. The van der Waals surface area contributed by atoms with Crippen LogP contribution in [-0.2, 0) is 17.3 Å². The van der Waals surface area contributed by atoms with Gasteiger partial charge in [0.2, 0.25) is 0 Å². The van der Waals surface area contributed by atoms with Crippen molar-refractivity contribution >= 4 is 147 Å². The van der Waals surface area contributed by atoms with Crippen LogP contribution in [0.15, 0.2) is 217 Å². The Kier molecular flexibility index (Phi) is 13.9. The second-order valence-electron chi connectivity index (χ2n) is 25.1. The van der Waals surface area contributed by atoms with Crippen LogP contribution in [-0.4, -0.2) is 11.6 Å². The van der Waals surface area contributed by atoms with Crippen molar-refractivity contribution < 1.29 is 9.59 Å². The average molecular weight is 1400 g/mol. The van der Waals surface area contributed by atoms with Crippen LogP contribution < -0.4 is 5.32 Å². The monoisotopic (exact) mass is 1400 g/mol. The molecule has 4 aliphatic carbocycles. The van der Waals surface area contributed by atoms with Gasteiger partial charge in [-0.05, 0) is 97.5 Å². The second-order valence-corrected chi connectivity index (χ2v) is 33.6. The first-order valence-electron chi connectivity index (χ1n) is 31.6. The molecule has 0 saturated heterocycles. The molecular weight excluding hydrogens is 1360 g/mol. The third-order valence-corrected chi connectivity index (χ3v) is 29.8. The molecule has 18 rings (SSSR count). The Hall–Kier alpha value is -10.2. The molecule has 0 fully saturated rings. The van der Waals surface area contributed by atoms with E-state index in [1.54, 1.807) is 53.1 Å². The number of ketones is 2. The highest BCUT2D eigenvalue weighted by molar-refractivity contribution is 7.38. The fraction of sp³-hybridized carbons (Fsp3) is 0.0843. The molecule has 0 radical (unpaired) electrons. The predicted octanol–water partition coefficient (Wildman–Crippen LogP) is 23.1. The number of fused-ring (bicyclic) bond motifs is 15. The summed E-state index contributed by atoms with van der Waals surface area (Å²) >= 11 is 14.8. The van der Waals surface area contributed by atoms with E-state index in [0.29, 0.717) is 51.0 Å². The Morgan fingerprint density at radius 3 is 1.21 bits per heavy atom. The summed E-state index contributed by atoms with van der Waals surface area (Å²) in [5.74, 6) is -0.392. The molecule has 98 heavy (non-hydrogen) atoms. The van der Waals surface area contributed by atoms with Crippen LogP contribution in [0.25, 0.3) is 78.4 Å². The zero-order valence-electron chi connectivity index (χ0n) is 52.6. The number of benzene rings is 6. The van der Waals surface area contributed by atoms with Crippen LogP contribution >= 0.6 is 90.7 Å². The van der Waals surface area contributed by atoms with E-state index in [9.17, 15) is 30.6 Å². The van der Waals surface area contributed by atoms with Gasteiger partial charge in [0.25, 0.3) is 0 Å². The largest absolute Gasteiger partial charge is 0.353 e. The van der Waals surface area contributed by atoms with E-state index in [4.69, 9.17) is 0 Å². The van der Waals surface area contributed by atoms with E-state index in [1.807, 2.05) is 117 Å². The number of Topliss-reactive ketones (excluding diaryl/α,β-unsaturated/α-hetero) is 2. The number of hydrogen-bond acceptors (Lipinski definition) is 15. The molecule has 0 atom stereocenters. The lowest BCUT2D eigenvalue weighted by Gasteiger charge is -2.34. The van der Waals surface area contributed by atoms with Gasteiger partial charge in [-0.3, -0.25) is 9.59 Å². The molecule has 14 aromatic rings. The Bertz CT molecular complexity index is 5680. The lowest BCUT2D eigenvalue weighted by molar-refractivity contribution is 0.103. The highest BCUT2D eigenvalue weighted by atomic mass is 32.1. The minimum Gasteiger partial charge on any atom is -0.353 e. The lowest BCUT2D eigenvalue weighted by atomic mass is 9.67. The summed E-state index contributed by atoms with van der Waals surface area (Å²) in [4.78, 5) is 38.6. The third-order valence-electron chi connectivity index (χ3n) is 19.6. The van der Waals surface area contributed by atoms with Crippen molar-refractivity contribution in [3.8, 4) is 63.3 Å². The number of nitriles is 4. The Morgan fingerprint density at radius 1 is 0.398 bits per heavy atom. The van der Waals surface area contributed by atoms with E-state index in [2.05, 4.69) is 173 Å². The van der Waals surface area contributed by atoms with Gasteiger partial charge in [0, 0.05) is 102 Å². The van der Waals surface area contributed by atoms with Crippen LogP contribution in [0.5, 0.6) is 0 Å². The number of rotatable bonds is 10. The molecule has 0 spiro atoms. The Balaban J connectivity index is 0.801. The standard InChI is InChI=1S/C83H47N5O2S8/c1-42-13-21-48(22-14-42)82(49-23-15-43(2)16-24-49)68-74-63(35-61(93-74)59-32-30-52(91-59)29-31-57-66(46(37-84)38-85)53-9-5-7-11-55(53)72(57)89)95-76(68)78-70(82)80-81(97-78)71-79(98-80)77-69(83(71,50-25-17-44(3)18-26-50)51-27-19-45(4)20-28-51)75-64(96-77)36-62(94-75)60-33-34-65(92-60)88-41-58-67(47(39-86)40-87)54-10-6-8-12-56(54)73(58)90/h5-28,30-36,41,88H,29H2,1-4H3/b57-31-,58-41-. The van der Waals surface area contributed by atoms with Crippen LogP contribution in [0.1, 0.15) is 103 Å². The van der Waals surface area contributed by atoms with Gasteiger partial charge in [0.1, 0.15) is 35.4 Å². The van der Waals surface area contributed by atoms with Gasteiger partial charge >= 0.3 is 0 Å². The van der Waals surface area contributed by atoms with Gasteiger partial charge in [-0.2, -0.15) is 21.0 Å². The topological polar surface area (TPSA) is 141 Å². The van der Waals surface area contributed by atoms with Crippen molar-refractivity contribution in [2.45, 2.75) is 44.9 Å². The maximum Gasteiger partial charge on any atom is 0.195 e. The molecule has 0 bridgehead atoms. The van der Waals surface area contributed by atoms with Crippen LogP contribution in [0.2, 0.25) is 0 Å². The van der Waals surface area contributed by atoms with Gasteiger partial charge in [0.05, 0.1) is 54.1 Å². The molecule has 0 aliphatic heterocycles. The highest BCUT2D eigenvalue weighted by Gasteiger charge is 2.56. The van der Waals surface area contributed by atoms with Crippen molar-refractivity contribution in [1.29, 1.82) is 21.0 Å². The Labute approximate surface area is 595 Å². The van der Waals surface area contributed by atoms with E-state index in [0.717, 1.165) is 24.5 Å². The first-order valence-corrected chi connectivity index (χ1v) is 38.1. The number of hydrogen-bond donors (Lipinski definition) is 1. The summed E-state index contributed by atoms with van der Waals surface area (Å²) in [6.45, 7) is 8.69. The Morgan fingerprint density at radius 2 is 0.776 bits per heavy atom. The van der Waals surface area contributed by atoms with Gasteiger partial charge in [0.15, 0.2) is 11.6 Å². The molecule has 464 valence electrons. The van der Waals surface area contributed by atoms with Crippen molar-refractivity contribution in [1.82, 2.24) is 0 Å². The molecule has 1 N–H and O–H groups in total. The molecule has 15 heteroatoms. The normalized spacial score (nSPS) is 15.1. The summed E-state index contributed by atoms with van der Waals surface area (Å²) in [7, 11) is 0. The van der Waals surface area contributed by atoms with Crippen molar-refractivity contribution in [3.05, 3.63) is 310 Å². The zero-order chi connectivity index (χ0) is 66.6. The first kappa shape index (κ1) is 60.2. The number of nitrogens with zero attached hydrogens (tertiary/aromatic N) is 4. The second kappa shape index (κ2) is 22.7. The van der Waals surface area contributed by atoms with Crippen molar-refractivity contribution in [2.75, 3.05) is 5.32 Å². The number of aryl methyl sites for hydroxylation is 4. The maximum atomic E-state index is 13.9.